The van der Waals surface area contributed by atoms with Crippen molar-refractivity contribution in [2.75, 3.05) is 18.0 Å². The van der Waals surface area contributed by atoms with Crippen molar-refractivity contribution < 1.29 is 0 Å². The third kappa shape index (κ3) is 2.09. The van der Waals surface area contributed by atoms with Crippen LogP contribution in [0.15, 0.2) is 30.5 Å². The summed E-state index contributed by atoms with van der Waals surface area (Å²) in [5.74, 6) is 1.87. The van der Waals surface area contributed by atoms with Crippen molar-refractivity contribution in [2.45, 2.75) is 19.8 Å². The Morgan fingerprint density at radius 1 is 1.12 bits per heavy atom. The second-order valence-corrected chi connectivity index (χ2v) is 4.89. The van der Waals surface area contributed by atoms with E-state index in [1.165, 1.54) is 12.8 Å². The van der Waals surface area contributed by atoms with Gasteiger partial charge in [0.2, 0.25) is 0 Å². The molecular formula is C14H17N3. The van der Waals surface area contributed by atoms with E-state index in [9.17, 15) is 0 Å². The van der Waals surface area contributed by atoms with Gasteiger partial charge in [-0.3, -0.25) is 4.98 Å². The molecule has 0 N–H and O–H groups in total. The zero-order valence-corrected chi connectivity index (χ0v) is 10.1. The summed E-state index contributed by atoms with van der Waals surface area (Å²) in [5.41, 5.74) is 1.96. The lowest BCUT2D eigenvalue weighted by molar-refractivity contribution is 0.436. The van der Waals surface area contributed by atoms with E-state index in [-0.39, 0.29) is 0 Å². The van der Waals surface area contributed by atoms with Gasteiger partial charge >= 0.3 is 0 Å². The predicted molar refractivity (Wildman–Crippen MR) is 70.1 cm³/mol. The van der Waals surface area contributed by atoms with E-state index in [0.717, 1.165) is 35.9 Å². The summed E-state index contributed by atoms with van der Waals surface area (Å²) >= 11 is 0. The predicted octanol–water partition coefficient (Wildman–Crippen LogP) is 2.87. The third-order valence-electron chi connectivity index (χ3n) is 3.54. The number of anilines is 1. The first-order valence-corrected chi connectivity index (χ1v) is 6.29. The van der Waals surface area contributed by atoms with Crippen molar-refractivity contribution in [3.63, 3.8) is 0 Å². The average molecular weight is 227 g/mol. The topological polar surface area (TPSA) is 29.0 Å². The van der Waals surface area contributed by atoms with Crippen LogP contribution in [0.1, 0.15) is 19.8 Å². The number of nitrogens with zero attached hydrogens (tertiary/aromatic N) is 3. The molecule has 88 valence electrons. The van der Waals surface area contributed by atoms with Crippen molar-refractivity contribution >= 4 is 16.9 Å². The van der Waals surface area contributed by atoms with Gasteiger partial charge < -0.3 is 4.90 Å². The van der Waals surface area contributed by atoms with E-state index in [4.69, 9.17) is 0 Å². The lowest BCUT2D eigenvalue weighted by atomic mass is 9.99. The Morgan fingerprint density at radius 3 is 2.59 bits per heavy atom. The molecule has 0 radical (unpaired) electrons. The molecule has 1 aliphatic rings. The molecule has 0 bridgehead atoms. The number of rotatable bonds is 1. The zero-order chi connectivity index (χ0) is 11.7. The van der Waals surface area contributed by atoms with E-state index in [0.29, 0.717) is 0 Å². The van der Waals surface area contributed by atoms with Crippen LogP contribution < -0.4 is 4.90 Å². The molecule has 1 aliphatic heterocycles. The molecule has 3 nitrogen and oxygen atoms in total. The van der Waals surface area contributed by atoms with Crippen LogP contribution in [0.2, 0.25) is 0 Å². The summed E-state index contributed by atoms with van der Waals surface area (Å²) in [5, 5.41) is 0. The molecule has 1 aromatic carbocycles. The van der Waals surface area contributed by atoms with Crippen LogP contribution in [0.4, 0.5) is 5.82 Å². The highest BCUT2D eigenvalue weighted by Gasteiger charge is 2.17. The summed E-state index contributed by atoms with van der Waals surface area (Å²) in [6, 6.07) is 8.04. The van der Waals surface area contributed by atoms with Gasteiger partial charge in [0.25, 0.3) is 0 Å². The van der Waals surface area contributed by atoms with E-state index in [2.05, 4.69) is 21.8 Å². The number of benzene rings is 1. The standard InChI is InChI=1S/C14H17N3/c1-11-6-8-17(9-7-11)14-10-15-12-4-2-3-5-13(12)16-14/h2-5,10-11H,6-9H2,1H3. The fourth-order valence-electron chi connectivity index (χ4n) is 2.34. The number of hydrogen-bond acceptors (Lipinski definition) is 3. The minimum absolute atomic E-state index is 0.847. The second kappa shape index (κ2) is 4.32. The van der Waals surface area contributed by atoms with Gasteiger partial charge in [-0.1, -0.05) is 19.1 Å². The van der Waals surface area contributed by atoms with Crippen LogP contribution in [0.3, 0.4) is 0 Å². The Labute approximate surface area is 101 Å². The van der Waals surface area contributed by atoms with Crippen LogP contribution >= 0.6 is 0 Å². The van der Waals surface area contributed by atoms with E-state index >= 15 is 0 Å². The first kappa shape index (κ1) is 10.5. The molecule has 0 unspecified atom stereocenters. The Morgan fingerprint density at radius 2 is 1.82 bits per heavy atom. The van der Waals surface area contributed by atoms with Crippen LogP contribution in [-0.4, -0.2) is 23.1 Å². The normalized spacial score (nSPS) is 17.6. The average Bonchev–Trinajstić information content (AvgIpc) is 2.39. The number of hydrogen-bond donors (Lipinski definition) is 0. The largest absolute Gasteiger partial charge is 0.355 e. The molecule has 17 heavy (non-hydrogen) atoms. The highest BCUT2D eigenvalue weighted by molar-refractivity contribution is 5.75. The highest BCUT2D eigenvalue weighted by Crippen LogP contribution is 2.22. The van der Waals surface area contributed by atoms with Gasteiger partial charge in [-0.25, -0.2) is 4.98 Å². The summed E-state index contributed by atoms with van der Waals surface area (Å²) in [6.45, 7) is 4.53. The number of para-hydroxylation sites is 2. The number of fused-ring (bicyclic) bond motifs is 1. The van der Waals surface area contributed by atoms with Crippen molar-refractivity contribution in [1.82, 2.24) is 9.97 Å². The van der Waals surface area contributed by atoms with Crippen molar-refractivity contribution in [3.8, 4) is 0 Å². The molecule has 0 saturated carbocycles. The van der Waals surface area contributed by atoms with E-state index in [1.807, 2.05) is 30.5 Å². The van der Waals surface area contributed by atoms with Gasteiger partial charge in [0, 0.05) is 13.1 Å². The molecule has 1 fully saturated rings. The fraction of sp³-hybridized carbons (Fsp3) is 0.429. The molecule has 0 spiro atoms. The molecule has 3 heteroatoms. The Kier molecular flexibility index (Phi) is 2.67. The van der Waals surface area contributed by atoms with Crippen molar-refractivity contribution in [1.29, 1.82) is 0 Å². The number of piperidine rings is 1. The first-order valence-electron chi connectivity index (χ1n) is 6.29. The van der Waals surface area contributed by atoms with Crippen LogP contribution in [0.25, 0.3) is 11.0 Å². The summed E-state index contributed by atoms with van der Waals surface area (Å²) in [6.07, 6.45) is 4.42. The highest BCUT2D eigenvalue weighted by atomic mass is 15.2. The molecule has 0 atom stereocenters. The lowest BCUT2D eigenvalue weighted by Gasteiger charge is -2.30. The second-order valence-electron chi connectivity index (χ2n) is 4.89. The SMILES string of the molecule is CC1CCN(c2cnc3ccccc3n2)CC1. The fourth-order valence-corrected chi connectivity index (χ4v) is 2.34. The first-order chi connectivity index (χ1) is 8.33. The quantitative estimate of drug-likeness (QED) is 0.750. The van der Waals surface area contributed by atoms with Crippen molar-refractivity contribution in [2.24, 2.45) is 5.92 Å². The molecule has 0 amide bonds. The summed E-state index contributed by atoms with van der Waals surface area (Å²) < 4.78 is 0. The monoisotopic (exact) mass is 227 g/mol. The van der Waals surface area contributed by atoms with E-state index in [1.54, 1.807) is 0 Å². The van der Waals surface area contributed by atoms with Gasteiger partial charge in [0.05, 0.1) is 17.2 Å². The molecule has 1 aromatic heterocycles. The van der Waals surface area contributed by atoms with Gasteiger partial charge in [-0.05, 0) is 30.9 Å². The summed E-state index contributed by atoms with van der Waals surface area (Å²) in [7, 11) is 0. The maximum absolute atomic E-state index is 4.69. The molecule has 0 aliphatic carbocycles. The van der Waals surface area contributed by atoms with E-state index < -0.39 is 0 Å². The van der Waals surface area contributed by atoms with Gasteiger partial charge in [-0.2, -0.15) is 0 Å². The summed E-state index contributed by atoms with van der Waals surface area (Å²) in [4.78, 5) is 11.5. The third-order valence-corrected chi connectivity index (χ3v) is 3.54. The van der Waals surface area contributed by atoms with Gasteiger partial charge in [0.15, 0.2) is 0 Å². The molecular weight excluding hydrogens is 210 g/mol. The number of aromatic nitrogens is 2. The Hall–Kier alpha value is -1.64. The van der Waals surface area contributed by atoms with Crippen molar-refractivity contribution in [3.05, 3.63) is 30.5 Å². The minimum Gasteiger partial charge on any atom is -0.355 e. The maximum Gasteiger partial charge on any atom is 0.147 e. The minimum atomic E-state index is 0.847. The Bertz CT molecular complexity index is 516. The van der Waals surface area contributed by atoms with Crippen LogP contribution in [-0.2, 0) is 0 Å². The van der Waals surface area contributed by atoms with Crippen LogP contribution in [0, 0.1) is 5.92 Å². The van der Waals surface area contributed by atoms with Crippen LogP contribution in [0.5, 0.6) is 0 Å². The van der Waals surface area contributed by atoms with Gasteiger partial charge in [0.1, 0.15) is 5.82 Å². The Balaban J connectivity index is 1.90. The smallest absolute Gasteiger partial charge is 0.147 e. The molecule has 2 heterocycles. The zero-order valence-electron chi connectivity index (χ0n) is 10.1. The molecule has 3 rings (SSSR count). The molecule has 2 aromatic rings. The van der Waals surface area contributed by atoms with Gasteiger partial charge in [-0.15, -0.1) is 0 Å². The maximum atomic E-state index is 4.69. The molecule has 1 saturated heterocycles. The lowest BCUT2D eigenvalue weighted by Crippen LogP contribution is -2.33.